The van der Waals surface area contributed by atoms with Crippen molar-refractivity contribution in [2.45, 2.75) is 13.5 Å². The molecule has 0 atom stereocenters. The first-order valence-electron chi connectivity index (χ1n) is 7.32. The van der Waals surface area contributed by atoms with Crippen LogP contribution in [0.5, 0.6) is 5.88 Å². The third-order valence-corrected chi connectivity index (χ3v) is 3.23. The minimum absolute atomic E-state index is 0.315. The van der Waals surface area contributed by atoms with Crippen LogP contribution >= 0.6 is 0 Å². The smallest absolute Gasteiger partial charge is 0.320 e. The van der Waals surface area contributed by atoms with Crippen LogP contribution in [0.25, 0.3) is 10.9 Å². The third-order valence-electron chi connectivity index (χ3n) is 3.23. The summed E-state index contributed by atoms with van der Waals surface area (Å²) in [5, 5.41) is 13.2. The third kappa shape index (κ3) is 3.57. The van der Waals surface area contributed by atoms with Crippen LogP contribution in [0.1, 0.15) is 12.5 Å². The number of hydrogen-bond donors (Lipinski definition) is 3. The zero-order chi connectivity index (χ0) is 16.1. The van der Waals surface area contributed by atoms with Crippen molar-refractivity contribution in [1.29, 1.82) is 0 Å². The molecule has 2 heterocycles. The Balaban J connectivity index is 1.63. The minimum atomic E-state index is -0.315. The highest BCUT2D eigenvalue weighted by Crippen LogP contribution is 2.23. The Morgan fingerprint density at radius 2 is 2.13 bits per heavy atom. The normalized spacial score (nSPS) is 10.5. The van der Waals surface area contributed by atoms with Gasteiger partial charge in [0.1, 0.15) is 5.82 Å². The van der Waals surface area contributed by atoms with Crippen molar-refractivity contribution in [3.8, 4) is 5.88 Å². The molecule has 0 radical (unpaired) electrons. The fourth-order valence-electron chi connectivity index (χ4n) is 2.14. The van der Waals surface area contributed by atoms with Gasteiger partial charge in [-0.2, -0.15) is 0 Å². The molecule has 7 heteroatoms. The summed E-state index contributed by atoms with van der Waals surface area (Å²) in [6.45, 7) is 2.87. The molecule has 0 aliphatic heterocycles. The summed E-state index contributed by atoms with van der Waals surface area (Å²) in [7, 11) is 0. The van der Waals surface area contributed by atoms with Crippen LogP contribution in [0.15, 0.2) is 42.6 Å². The van der Waals surface area contributed by atoms with Gasteiger partial charge in [-0.25, -0.2) is 9.78 Å². The van der Waals surface area contributed by atoms with Gasteiger partial charge < -0.3 is 10.1 Å². The predicted molar refractivity (Wildman–Crippen MR) is 87.4 cm³/mol. The van der Waals surface area contributed by atoms with Crippen molar-refractivity contribution in [2.24, 2.45) is 0 Å². The highest BCUT2D eigenvalue weighted by atomic mass is 16.5. The Hall–Kier alpha value is -3.09. The number of anilines is 1. The minimum Gasteiger partial charge on any atom is -0.476 e. The van der Waals surface area contributed by atoms with E-state index in [9.17, 15) is 4.79 Å². The summed E-state index contributed by atoms with van der Waals surface area (Å²) < 4.78 is 5.39. The van der Waals surface area contributed by atoms with E-state index in [0.29, 0.717) is 24.8 Å². The van der Waals surface area contributed by atoms with Gasteiger partial charge in [-0.15, -0.1) is 5.10 Å². The number of carbonyl (C=O) groups excluding carboxylic acids is 1. The number of nitrogens with one attached hydrogen (secondary N) is 3. The second kappa shape index (κ2) is 6.78. The molecular formula is C16H17N5O2. The van der Waals surface area contributed by atoms with E-state index < -0.39 is 0 Å². The van der Waals surface area contributed by atoms with Gasteiger partial charge in [0.05, 0.1) is 17.5 Å². The van der Waals surface area contributed by atoms with Crippen molar-refractivity contribution >= 4 is 22.8 Å². The molecule has 0 spiro atoms. The Morgan fingerprint density at radius 1 is 1.30 bits per heavy atom. The van der Waals surface area contributed by atoms with Crippen LogP contribution in [0.4, 0.5) is 10.6 Å². The molecule has 3 aromatic rings. The molecule has 0 unspecified atom stereocenters. The molecular weight excluding hydrogens is 294 g/mol. The number of urea groups is 1. The van der Waals surface area contributed by atoms with E-state index in [1.807, 2.05) is 37.3 Å². The molecule has 3 rings (SSSR count). The lowest BCUT2D eigenvalue weighted by molar-refractivity contribution is 0.251. The fourth-order valence-corrected chi connectivity index (χ4v) is 2.14. The number of amides is 2. The zero-order valence-electron chi connectivity index (χ0n) is 12.7. The van der Waals surface area contributed by atoms with Crippen LogP contribution in [0, 0.1) is 0 Å². The summed E-state index contributed by atoms with van der Waals surface area (Å²) in [5.74, 6) is 0.949. The van der Waals surface area contributed by atoms with Crippen molar-refractivity contribution in [3.05, 3.63) is 48.2 Å². The number of fused-ring (bicyclic) bond motifs is 1. The number of aromatic nitrogens is 3. The maximum atomic E-state index is 11.9. The summed E-state index contributed by atoms with van der Waals surface area (Å²) in [4.78, 5) is 16.1. The maximum absolute atomic E-state index is 11.9. The standard InChI is InChI=1S/C16H17N5O2/c1-2-23-15-12-10-17-14(8-13(12)20-21-15)19-16(22)18-9-11-6-4-3-5-7-11/h3-8,10H,2,9H2,1H3,(H,20,21)(H2,17,18,19,22). The lowest BCUT2D eigenvalue weighted by atomic mass is 10.2. The molecule has 1 aromatic carbocycles. The predicted octanol–water partition coefficient (Wildman–Crippen LogP) is 2.68. The molecule has 0 fully saturated rings. The number of ether oxygens (including phenoxy) is 1. The average Bonchev–Trinajstić information content (AvgIpc) is 2.97. The zero-order valence-corrected chi connectivity index (χ0v) is 12.7. The van der Waals surface area contributed by atoms with Crippen molar-refractivity contribution in [2.75, 3.05) is 11.9 Å². The first-order chi connectivity index (χ1) is 11.3. The molecule has 0 aliphatic carbocycles. The number of hydrogen-bond acceptors (Lipinski definition) is 4. The number of pyridine rings is 1. The summed E-state index contributed by atoms with van der Waals surface area (Å²) in [6, 6.07) is 11.1. The molecule has 0 saturated heterocycles. The number of aromatic amines is 1. The highest BCUT2D eigenvalue weighted by molar-refractivity contribution is 5.91. The van der Waals surface area contributed by atoms with E-state index in [-0.39, 0.29) is 6.03 Å². The van der Waals surface area contributed by atoms with Crippen LogP contribution < -0.4 is 15.4 Å². The highest BCUT2D eigenvalue weighted by Gasteiger charge is 2.09. The molecule has 118 valence electrons. The van der Waals surface area contributed by atoms with E-state index >= 15 is 0 Å². The molecule has 2 amide bonds. The second-order valence-electron chi connectivity index (χ2n) is 4.87. The quantitative estimate of drug-likeness (QED) is 0.675. The largest absolute Gasteiger partial charge is 0.476 e. The van der Waals surface area contributed by atoms with Crippen LogP contribution in [0.3, 0.4) is 0 Å². The van der Waals surface area contributed by atoms with Crippen molar-refractivity contribution in [3.63, 3.8) is 0 Å². The Labute approximate surface area is 133 Å². The first-order valence-corrected chi connectivity index (χ1v) is 7.32. The average molecular weight is 311 g/mol. The Kier molecular flexibility index (Phi) is 4.37. The van der Waals surface area contributed by atoms with Gasteiger partial charge in [-0.05, 0) is 12.5 Å². The van der Waals surface area contributed by atoms with Gasteiger partial charge in [0.25, 0.3) is 0 Å². The second-order valence-corrected chi connectivity index (χ2v) is 4.87. The molecule has 0 aliphatic rings. The monoisotopic (exact) mass is 311 g/mol. The topological polar surface area (TPSA) is 91.9 Å². The van der Waals surface area contributed by atoms with E-state index in [4.69, 9.17) is 4.74 Å². The lowest BCUT2D eigenvalue weighted by Gasteiger charge is -2.07. The number of benzene rings is 1. The summed E-state index contributed by atoms with van der Waals surface area (Å²) in [5.41, 5.74) is 1.78. The SMILES string of the molecule is CCOc1n[nH]c2cc(NC(=O)NCc3ccccc3)ncc12. The summed E-state index contributed by atoms with van der Waals surface area (Å²) >= 11 is 0. The number of nitrogens with zero attached hydrogens (tertiary/aromatic N) is 2. The molecule has 0 saturated carbocycles. The maximum Gasteiger partial charge on any atom is 0.320 e. The van der Waals surface area contributed by atoms with Crippen molar-refractivity contribution in [1.82, 2.24) is 20.5 Å². The molecule has 7 nitrogen and oxygen atoms in total. The van der Waals surface area contributed by atoms with Gasteiger partial charge in [0.15, 0.2) is 0 Å². The van der Waals surface area contributed by atoms with Gasteiger partial charge >= 0.3 is 6.03 Å². The van der Waals surface area contributed by atoms with Crippen LogP contribution in [-0.4, -0.2) is 27.8 Å². The molecule has 23 heavy (non-hydrogen) atoms. The molecule has 0 bridgehead atoms. The van der Waals surface area contributed by atoms with Gasteiger partial charge in [-0.3, -0.25) is 10.4 Å². The first kappa shape index (κ1) is 14.8. The summed E-state index contributed by atoms with van der Waals surface area (Å²) in [6.07, 6.45) is 1.62. The Morgan fingerprint density at radius 3 is 2.91 bits per heavy atom. The van der Waals surface area contributed by atoms with E-state index in [2.05, 4.69) is 25.8 Å². The fraction of sp³-hybridized carbons (Fsp3) is 0.188. The van der Waals surface area contributed by atoms with Crippen LogP contribution in [0.2, 0.25) is 0 Å². The number of rotatable bonds is 5. The van der Waals surface area contributed by atoms with Gasteiger partial charge in [0.2, 0.25) is 5.88 Å². The number of H-pyrrole nitrogens is 1. The van der Waals surface area contributed by atoms with E-state index in [0.717, 1.165) is 16.5 Å². The Bertz CT molecular complexity index is 801. The van der Waals surface area contributed by atoms with Gasteiger partial charge in [0, 0.05) is 18.8 Å². The molecule has 3 N–H and O–H groups in total. The molecule has 2 aromatic heterocycles. The van der Waals surface area contributed by atoms with Gasteiger partial charge in [-0.1, -0.05) is 30.3 Å². The number of carbonyl (C=O) groups is 1. The van der Waals surface area contributed by atoms with Crippen LogP contribution in [-0.2, 0) is 6.54 Å². The lowest BCUT2D eigenvalue weighted by Crippen LogP contribution is -2.28. The van der Waals surface area contributed by atoms with Crippen molar-refractivity contribution < 1.29 is 9.53 Å². The van der Waals surface area contributed by atoms with E-state index in [1.165, 1.54) is 0 Å². The van der Waals surface area contributed by atoms with E-state index in [1.54, 1.807) is 12.3 Å².